The van der Waals surface area contributed by atoms with E-state index >= 15 is 0 Å². The number of nitrogens with one attached hydrogen (secondary N) is 1. The van der Waals surface area contributed by atoms with E-state index in [1.54, 1.807) is 7.11 Å². The molecule has 0 aliphatic heterocycles. The molecule has 3 N–H and O–H groups in total. The fraction of sp³-hybridized carbons (Fsp3) is 0.800. The minimum absolute atomic E-state index is 0.0984. The van der Waals surface area contributed by atoms with Crippen molar-refractivity contribution in [1.29, 1.82) is 0 Å². The molecule has 5 heteroatoms. The highest BCUT2D eigenvalue weighted by Crippen LogP contribution is 1.72. The van der Waals surface area contributed by atoms with Crippen LogP contribution in [0, 0.1) is 0 Å². The van der Waals surface area contributed by atoms with Crippen LogP contribution in [0.15, 0.2) is 0 Å². The Bertz CT molecular complexity index is 96.9. The van der Waals surface area contributed by atoms with E-state index in [9.17, 15) is 4.79 Å². The average molecular weight is 148 g/mol. The maximum absolute atomic E-state index is 10.4. The molecule has 0 aliphatic rings. The third-order valence-electron chi connectivity index (χ3n) is 0.790. The molecule has 0 aromatic carbocycles. The first kappa shape index (κ1) is 9.19. The lowest BCUT2D eigenvalue weighted by molar-refractivity contribution is 0.142. The molecule has 0 unspecified atom stereocenters. The summed E-state index contributed by atoms with van der Waals surface area (Å²) in [6, 6.07) is 0. The van der Waals surface area contributed by atoms with Crippen molar-refractivity contribution in [2.45, 2.75) is 0 Å². The molecule has 0 radical (unpaired) electrons. The van der Waals surface area contributed by atoms with Crippen LogP contribution in [0.1, 0.15) is 0 Å². The van der Waals surface area contributed by atoms with E-state index in [1.165, 1.54) is 0 Å². The summed E-state index contributed by atoms with van der Waals surface area (Å²) in [5, 5.41) is 2.42. The first-order valence-electron chi connectivity index (χ1n) is 2.91. The molecular formula is C5H12N2O3. The van der Waals surface area contributed by atoms with E-state index in [4.69, 9.17) is 5.73 Å². The lowest BCUT2D eigenvalue weighted by atomic mass is 10.7. The van der Waals surface area contributed by atoms with E-state index in [2.05, 4.69) is 14.8 Å². The molecule has 0 spiro atoms. The molecular weight excluding hydrogens is 136 g/mol. The first-order valence-corrected chi connectivity index (χ1v) is 2.91. The number of hydrogen-bond acceptors (Lipinski definition) is 4. The molecule has 0 aliphatic carbocycles. The minimum atomic E-state index is -0.514. The van der Waals surface area contributed by atoms with Crippen LogP contribution < -0.4 is 11.1 Å². The second-order valence-corrected chi connectivity index (χ2v) is 1.52. The van der Waals surface area contributed by atoms with E-state index in [1.807, 2.05) is 0 Å². The van der Waals surface area contributed by atoms with Gasteiger partial charge in [0, 0.05) is 13.7 Å². The SMILES string of the molecule is COCCNC(=O)OCN. The molecule has 0 atom stereocenters. The molecule has 10 heavy (non-hydrogen) atoms. The fourth-order valence-corrected chi connectivity index (χ4v) is 0.382. The Morgan fingerprint density at radius 3 is 2.90 bits per heavy atom. The Labute approximate surface area is 59.5 Å². The summed E-state index contributed by atoms with van der Waals surface area (Å²) in [6.45, 7) is 0.813. The second-order valence-electron chi connectivity index (χ2n) is 1.52. The summed E-state index contributed by atoms with van der Waals surface area (Å²) in [5.41, 5.74) is 4.92. The predicted octanol–water partition coefficient (Wildman–Crippen LogP) is -0.725. The van der Waals surface area contributed by atoms with Crippen LogP contribution in [0.4, 0.5) is 4.79 Å². The molecule has 0 aromatic rings. The third-order valence-corrected chi connectivity index (χ3v) is 0.790. The number of methoxy groups -OCH3 is 1. The van der Waals surface area contributed by atoms with Crippen LogP contribution in [0.5, 0.6) is 0 Å². The molecule has 0 aromatic heterocycles. The van der Waals surface area contributed by atoms with E-state index in [0.29, 0.717) is 13.2 Å². The standard InChI is InChI=1S/C5H12N2O3/c1-9-3-2-7-5(8)10-4-6/h2-4,6H2,1H3,(H,7,8). The normalized spacial score (nSPS) is 9.00. The van der Waals surface area contributed by atoms with Crippen molar-refractivity contribution in [1.82, 2.24) is 5.32 Å². The molecule has 0 saturated carbocycles. The summed E-state index contributed by atoms with van der Waals surface area (Å²) >= 11 is 0. The molecule has 60 valence electrons. The quantitative estimate of drug-likeness (QED) is 0.407. The molecule has 0 saturated heterocycles. The molecule has 0 bridgehead atoms. The lowest BCUT2D eigenvalue weighted by Crippen LogP contribution is -2.29. The van der Waals surface area contributed by atoms with Crippen molar-refractivity contribution in [3.8, 4) is 0 Å². The Hall–Kier alpha value is -0.810. The van der Waals surface area contributed by atoms with E-state index in [-0.39, 0.29) is 6.73 Å². The van der Waals surface area contributed by atoms with Gasteiger partial charge in [-0.3, -0.25) is 5.73 Å². The lowest BCUT2D eigenvalue weighted by Gasteiger charge is -2.02. The number of nitrogens with two attached hydrogens (primary N) is 1. The summed E-state index contributed by atoms with van der Waals surface area (Å²) in [4.78, 5) is 10.4. The zero-order chi connectivity index (χ0) is 7.82. The van der Waals surface area contributed by atoms with Crippen molar-refractivity contribution in [3.63, 3.8) is 0 Å². The van der Waals surface area contributed by atoms with Gasteiger partial charge >= 0.3 is 6.09 Å². The van der Waals surface area contributed by atoms with Crippen molar-refractivity contribution < 1.29 is 14.3 Å². The summed E-state index contributed by atoms with van der Waals surface area (Å²) in [7, 11) is 1.55. The van der Waals surface area contributed by atoms with Gasteiger partial charge in [-0.1, -0.05) is 0 Å². The van der Waals surface area contributed by atoms with Gasteiger partial charge in [-0.25, -0.2) is 4.79 Å². The monoisotopic (exact) mass is 148 g/mol. The Morgan fingerprint density at radius 1 is 1.70 bits per heavy atom. The van der Waals surface area contributed by atoms with Gasteiger partial charge in [0.2, 0.25) is 0 Å². The zero-order valence-electron chi connectivity index (χ0n) is 5.92. The van der Waals surface area contributed by atoms with Gasteiger partial charge < -0.3 is 14.8 Å². The molecule has 1 amide bonds. The number of ether oxygens (including phenoxy) is 2. The number of hydrogen-bond donors (Lipinski definition) is 2. The maximum atomic E-state index is 10.4. The number of alkyl carbamates (subject to hydrolysis) is 1. The van der Waals surface area contributed by atoms with Gasteiger partial charge in [0.15, 0.2) is 0 Å². The number of amides is 1. The first-order chi connectivity index (χ1) is 4.81. The third kappa shape index (κ3) is 5.33. The number of carbonyl (C=O) groups excluding carboxylic acids is 1. The Morgan fingerprint density at radius 2 is 2.40 bits per heavy atom. The molecule has 0 rings (SSSR count). The topological polar surface area (TPSA) is 73.6 Å². The molecule has 5 nitrogen and oxygen atoms in total. The minimum Gasteiger partial charge on any atom is -0.434 e. The zero-order valence-corrected chi connectivity index (χ0v) is 5.92. The smallest absolute Gasteiger partial charge is 0.408 e. The van der Waals surface area contributed by atoms with Gasteiger partial charge in [0.05, 0.1) is 6.61 Å². The van der Waals surface area contributed by atoms with Crippen LogP contribution in [0.3, 0.4) is 0 Å². The van der Waals surface area contributed by atoms with Gasteiger partial charge in [-0.15, -0.1) is 0 Å². The van der Waals surface area contributed by atoms with Gasteiger partial charge in [-0.05, 0) is 0 Å². The highest BCUT2D eigenvalue weighted by atomic mass is 16.6. The molecule has 0 heterocycles. The fourth-order valence-electron chi connectivity index (χ4n) is 0.382. The van der Waals surface area contributed by atoms with E-state index < -0.39 is 6.09 Å². The summed E-state index contributed by atoms with van der Waals surface area (Å²) < 4.78 is 9.03. The van der Waals surface area contributed by atoms with Crippen LogP contribution >= 0.6 is 0 Å². The maximum Gasteiger partial charge on any atom is 0.408 e. The average Bonchev–Trinajstić information content (AvgIpc) is 1.89. The van der Waals surface area contributed by atoms with Crippen LogP contribution in [-0.4, -0.2) is 33.1 Å². The number of rotatable bonds is 4. The largest absolute Gasteiger partial charge is 0.434 e. The highest BCUT2D eigenvalue weighted by molar-refractivity contribution is 5.66. The van der Waals surface area contributed by atoms with Gasteiger partial charge in [-0.2, -0.15) is 0 Å². The van der Waals surface area contributed by atoms with Crippen molar-refractivity contribution in [3.05, 3.63) is 0 Å². The van der Waals surface area contributed by atoms with Crippen LogP contribution in [0.25, 0.3) is 0 Å². The van der Waals surface area contributed by atoms with Crippen molar-refractivity contribution >= 4 is 6.09 Å². The predicted molar refractivity (Wildman–Crippen MR) is 35.4 cm³/mol. The molecule has 0 fully saturated rings. The van der Waals surface area contributed by atoms with Crippen LogP contribution in [-0.2, 0) is 9.47 Å². The summed E-state index contributed by atoms with van der Waals surface area (Å²) in [5.74, 6) is 0. The van der Waals surface area contributed by atoms with Crippen molar-refractivity contribution in [2.24, 2.45) is 5.73 Å². The Kier molecular flexibility index (Phi) is 5.80. The Balaban J connectivity index is 3.05. The van der Waals surface area contributed by atoms with Crippen LogP contribution in [0.2, 0.25) is 0 Å². The summed E-state index contributed by atoms with van der Waals surface area (Å²) in [6.07, 6.45) is -0.514. The second kappa shape index (κ2) is 6.31. The van der Waals surface area contributed by atoms with Gasteiger partial charge in [0.1, 0.15) is 6.73 Å². The van der Waals surface area contributed by atoms with Gasteiger partial charge in [0.25, 0.3) is 0 Å². The van der Waals surface area contributed by atoms with E-state index in [0.717, 1.165) is 0 Å². The highest BCUT2D eigenvalue weighted by Gasteiger charge is 1.96. The van der Waals surface area contributed by atoms with Crippen molar-refractivity contribution in [2.75, 3.05) is 27.0 Å². The number of carbonyl (C=O) groups is 1.